The second kappa shape index (κ2) is 8.74. The number of carboxylic acid groups (broad SMARTS) is 1. The highest BCUT2D eigenvalue weighted by Gasteiger charge is 2.21. The average Bonchev–Trinajstić information content (AvgIpc) is 2.33. The van der Waals surface area contributed by atoms with Crippen molar-refractivity contribution >= 4 is 12.0 Å². The van der Waals surface area contributed by atoms with Crippen LogP contribution in [0.1, 0.15) is 40.0 Å². The van der Waals surface area contributed by atoms with Crippen molar-refractivity contribution in [2.75, 3.05) is 20.3 Å². The number of ether oxygens (including phenoxy) is 1. The molecule has 0 fully saturated rings. The molecule has 0 aliphatic rings. The van der Waals surface area contributed by atoms with Crippen molar-refractivity contribution in [2.24, 2.45) is 5.41 Å². The first kappa shape index (κ1) is 17.7. The SMILES string of the molecule is CCCC(NC(=O)NCC(C)(C)CCOC)C(=O)O. The van der Waals surface area contributed by atoms with Gasteiger partial charge in [0.05, 0.1) is 0 Å². The number of nitrogens with one attached hydrogen (secondary N) is 2. The molecule has 112 valence electrons. The first-order valence-electron chi connectivity index (χ1n) is 6.58. The van der Waals surface area contributed by atoms with Gasteiger partial charge in [-0.3, -0.25) is 0 Å². The average molecular weight is 274 g/mol. The zero-order chi connectivity index (χ0) is 14.9. The van der Waals surface area contributed by atoms with Crippen molar-refractivity contribution in [3.8, 4) is 0 Å². The summed E-state index contributed by atoms with van der Waals surface area (Å²) in [6.07, 6.45) is 1.95. The Morgan fingerprint density at radius 3 is 2.47 bits per heavy atom. The maximum atomic E-state index is 11.6. The van der Waals surface area contributed by atoms with Crippen LogP contribution in [0.2, 0.25) is 0 Å². The maximum absolute atomic E-state index is 11.6. The molecule has 0 aromatic heterocycles. The number of hydrogen-bond donors (Lipinski definition) is 3. The fraction of sp³-hybridized carbons (Fsp3) is 0.846. The Labute approximate surface area is 114 Å². The van der Waals surface area contributed by atoms with Crippen LogP contribution < -0.4 is 10.6 Å². The quantitative estimate of drug-likeness (QED) is 0.596. The third-order valence-electron chi connectivity index (χ3n) is 2.89. The van der Waals surface area contributed by atoms with Gasteiger partial charge in [-0.25, -0.2) is 9.59 Å². The van der Waals surface area contributed by atoms with E-state index in [1.54, 1.807) is 7.11 Å². The number of methoxy groups -OCH3 is 1. The van der Waals surface area contributed by atoms with E-state index in [1.807, 2.05) is 20.8 Å². The lowest BCUT2D eigenvalue weighted by molar-refractivity contribution is -0.139. The van der Waals surface area contributed by atoms with Gasteiger partial charge in [0, 0.05) is 20.3 Å². The number of carboxylic acids is 1. The fourth-order valence-corrected chi connectivity index (χ4v) is 1.54. The monoisotopic (exact) mass is 274 g/mol. The molecule has 0 aliphatic carbocycles. The predicted molar refractivity (Wildman–Crippen MR) is 73.1 cm³/mol. The lowest BCUT2D eigenvalue weighted by atomic mass is 9.90. The van der Waals surface area contributed by atoms with Gasteiger partial charge >= 0.3 is 12.0 Å². The molecule has 3 N–H and O–H groups in total. The molecular weight excluding hydrogens is 248 g/mol. The first-order valence-corrected chi connectivity index (χ1v) is 6.58. The maximum Gasteiger partial charge on any atom is 0.326 e. The summed E-state index contributed by atoms with van der Waals surface area (Å²) in [6, 6.07) is -1.27. The molecule has 0 aromatic rings. The molecule has 1 atom stereocenters. The zero-order valence-corrected chi connectivity index (χ0v) is 12.3. The Balaban J connectivity index is 4.12. The van der Waals surface area contributed by atoms with Crippen LogP contribution in [0.25, 0.3) is 0 Å². The van der Waals surface area contributed by atoms with Crippen molar-refractivity contribution in [2.45, 2.75) is 46.1 Å². The molecular formula is C13H26N2O4. The summed E-state index contributed by atoms with van der Waals surface area (Å²) in [4.78, 5) is 22.5. The van der Waals surface area contributed by atoms with Crippen molar-refractivity contribution in [1.29, 1.82) is 0 Å². The molecule has 0 spiro atoms. The van der Waals surface area contributed by atoms with Gasteiger partial charge in [0.25, 0.3) is 0 Å². The van der Waals surface area contributed by atoms with Gasteiger partial charge in [0.15, 0.2) is 0 Å². The number of rotatable bonds is 9. The minimum atomic E-state index is -1.00. The normalized spacial score (nSPS) is 12.8. The van der Waals surface area contributed by atoms with Crippen LogP contribution in [0.15, 0.2) is 0 Å². The van der Waals surface area contributed by atoms with Crippen LogP contribution in [0.5, 0.6) is 0 Å². The topological polar surface area (TPSA) is 87.7 Å². The van der Waals surface area contributed by atoms with Gasteiger partial charge in [-0.05, 0) is 18.3 Å². The lowest BCUT2D eigenvalue weighted by Gasteiger charge is -2.25. The Hall–Kier alpha value is -1.30. The number of carbonyl (C=O) groups is 2. The highest BCUT2D eigenvalue weighted by Crippen LogP contribution is 2.18. The minimum Gasteiger partial charge on any atom is -0.480 e. The van der Waals surface area contributed by atoms with E-state index in [0.29, 0.717) is 26.0 Å². The zero-order valence-electron chi connectivity index (χ0n) is 12.3. The largest absolute Gasteiger partial charge is 0.480 e. The van der Waals surface area contributed by atoms with Gasteiger partial charge in [0.2, 0.25) is 0 Å². The van der Waals surface area contributed by atoms with E-state index in [9.17, 15) is 9.59 Å². The van der Waals surface area contributed by atoms with E-state index in [0.717, 1.165) is 6.42 Å². The van der Waals surface area contributed by atoms with E-state index < -0.39 is 18.0 Å². The number of hydrogen-bond acceptors (Lipinski definition) is 3. The van der Waals surface area contributed by atoms with Crippen LogP contribution in [0.4, 0.5) is 4.79 Å². The molecule has 0 rings (SSSR count). The second-order valence-electron chi connectivity index (χ2n) is 5.41. The van der Waals surface area contributed by atoms with E-state index >= 15 is 0 Å². The summed E-state index contributed by atoms with van der Waals surface area (Å²) < 4.78 is 5.01. The standard InChI is InChI=1S/C13H26N2O4/c1-5-6-10(11(16)17)15-12(18)14-9-13(2,3)7-8-19-4/h10H,5-9H2,1-4H3,(H,16,17)(H2,14,15,18). The smallest absolute Gasteiger partial charge is 0.326 e. The fourth-order valence-electron chi connectivity index (χ4n) is 1.54. The van der Waals surface area contributed by atoms with Crippen molar-refractivity contribution < 1.29 is 19.4 Å². The number of carbonyl (C=O) groups excluding carboxylic acids is 1. The lowest BCUT2D eigenvalue weighted by Crippen LogP contribution is -2.48. The summed E-state index contributed by atoms with van der Waals surface area (Å²) in [6.45, 7) is 7.02. The summed E-state index contributed by atoms with van der Waals surface area (Å²) in [7, 11) is 1.64. The predicted octanol–water partition coefficient (Wildman–Crippen LogP) is 1.60. The number of urea groups is 1. The van der Waals surface area contributed by atoms with Crippen LogP contribution in [0.3, 0.4) is 0 Å². The molecule has 0 aliphatic heterocycles. The van der Waals surface area contributed by atoms with Gasteiger partial charge in [-0.15, -0.1) is 0 Å². The summed E-state index contributed by atoms with van der Waals surface area (Å²) >= 11 is 0. The van der Waals surface area contributed by atoms with E-state index in [4.69, 9.17) is 9.84 Å². The summed E-state index contributed by atoms with van der Waals surface area (Å²) in [5.41, 5.74) is -0.0865. The molecule has 0 heterocycles. The van der Waals surface area contributed by atoms with Gasteiger partial charge in [0.1, 0.15) is 6.04 Å². The third kappa shape index (κ3) is 8.42. The van der Waals surface area contributed by atoms with Crippen LogP contribution in [0, 0.1) is 5.41 Å². The molecule has 2 amide bonds. The van der Waals surface area contributed by atoms with E-state index in [2.05, 4.69) is 10.6 Å². The molecule has 0 bridgehead atoms. The van der Waals surface area contributed by atoms with Gasteiger partial charge < -0.3 is 20.5 Å². The van der Waals surface area contributed by atoms with E-state index in [-0.39, 0.29) is 5.41 Å². The van der Waals surface area contributed by atoms with Crippen molar-refractivity contribution in [1.82, 2.24) is 10.6 Å². The molecule has 6 nitrogen and oxygen atoms in total. The van der Waals surface area contributed by atoms with Crippen molar-refractivity contribution in [3.63, 3.8) is 0 Å². The molecule has 0 radical (unpaired) electrons. The van der Waals surface area contributed by atoms with Crippen molar-refractivity contribution in [3.05, 3.63) is 0 Å². The molecule has 0 saturated carbocycles. The first-order chi connectivity index (χ1) is 8.82. The Kier molecular flexibility index (Phi) is 8.14. The highest BCUT2D eigenvalue weighted by atomic mass is 16.5. The van der Waals surface area contributed by atoms with E-state index in [1.165, 1.54) is 0 Å². The minimum absolute atomic E-state index is 0.0865. The third-order valence-corrected chi connectivity index (χ3v) is 2.89. The Morgan fingerprint density at radius 2 is 2.00 bits per heavy atom. The summed E-state index contributed by atoms with van der Waals surface area (Å²) in [5, 5.41) is 14.1. The highest BCUT2D eigenvalue weighted by molar-refractivity contribution is 5.82. The Morgan fingerprint density at radius 1 is 1.37 bits per heavy atom. The number of amides is 2. The van der Waals surface area contributed by atoms with Crippen LogP contribution in [-0.4, -0.2) is 43.4 Å². The van der Waals surface area contributed by atoms with Gasteiger partial charge in [-0.2, -0.15) is 0 Å². The van der Waals surface area contributed by atoms with Crippen LogP contribution in [-0.2, 0) is 9.53 Å². The van der Waals surface area contributed by atoms with Gasteiger partial charge in [-0.1, -0.05) is 27.2 Å². The molecule has 0 aromatic carbocycles. The molecule has 1 unspecified atom stereocenters. The second-order valence-corrected chi connectivity index (χ2v) is 5.41. The Bertz CT molecular complexity index is 292. The molecule has 0 saturated heterocycles. The van der Waals surface area contributed by atoms with Crippen LogP contribution >= 0.6 is 0 Å². The molecule has 6 heteroatoms. The summed E-state index contributed by atoms with van der Waals surface area (Å²) in [5.74, 6) is -1.00. The molecule has 19 heavy (non-hydrogen) atoms. The number of aliphatic carboxylic acids is 1.